The number of urea groups is 1. The van der Waals surface area contributed by atoms with Gasteiger partial charge in [0.25, 0.3) is 5.91 Å². The molecule has 0 radical (unpaired) electrons. The predicted octanol–water partition coefficient (Wildman–Crippen LogP) is 5.15. The van der Waals surface area contributed by atoms with Crippen molar-refractivity contribution in [1.29, 1.82) is 0 Å². The Balaban J connectivity index is 1.21. The third-order valence-electron chi connectivity index (χ3n) is 8.74. The second-order valence-electron chi connectivity index (χ2n) is 11.6. The number of piperidine rings is 2. The molecule has 11 heteroatoms. The van der Waals surface area contributed by atoms with E-state index in [0.717, 1.165) is 36.1 Å². The number of hydrogen-bond donors (Lipinski definition) is 1. The van der Waals surface area contributed by atoms with Gasteiger partial charge in [-0.05, 0) is 75.5 Å². The van der Waals surface area contributed by atoms with E-state index in [9.17, 15) is 14.4 Å². The van der Waals surface area contributed by atoms with E-state index in [1.54, 1.807) is 28.0 Å². The molecule has 3 aliphatic heterocycles. The van der Waals surface area contributed by atoms with Gasteiger partial charge in [-0.15, -0.1) is 0 Å². The average Bonchev–Trinajstić information content (AvgIpc) is 3.16. The summed E-state index contributed by atoms with van der Waals surface area (Å²) in [4.78, 5) is 47.6. The molecule has 2 aromatic rings. The Morgan fingerprint density at radius 3 is 2.33 bits per heavy atom. The molecule has 2 saturated heterocycles. The van der Waals surface area contributed by atoms with Crippen LogP contribution >= 0.6 is 23.2 Å². The number of rotatable bonds is 6. The molecule has 4 amide bonds. The van der Waals surface area contributed by atoms with Gasteiger partial charge in [0.05, 0.1) is 10.0 Å². The first-order valence-corrected chi connectivity index (χ1v) is 15.5. The van der Waals surface area contributed by atoms with Crippen molar-refractivity contribution in [2.45, 2.75) is 56.7 Å². The first-order chi connectivity index (χ1) is 20.2. The van der Waals surface area contributed by atoms with Crippen molar-refractivity contribution < 1.29 is 19.1 Å². The average molecular weight is 617 g/mol. The Morgan fingerprint density at radius 2 is 1.64 bits per heavy atom. The molecule has 9 nitrogen and oxygen atoms in total. The van der Waals surface area contributed by atoms with Crippen molar-refractivity contribution >= 4 is 46.9 Å². The minimum absolute atomic E-state index is 0.0231. The van der Waals surface area contributed by atoms with Crippen molar-refractivity contribution in [1.82, 2.24) is 19.6 Å². The number of hydrogen-bond acceptors (Lipinski definition) is 5. The van der Waals surface area contributed by atoms with Gasteiger partial charge in [-0.1, -0.05) is 47.5 Å². The van der Waals surface area contributed by atoms with Crippen LogP contribution < -0.4 is 5.32 Å². The van der Waals surface area contributed by atoms with Gasteiger partial charge in [0, 0.05) is 56.9 Å². The number of carbonyl (C=O) groups excluding carboxylic acids is 3. The van der Waals surface area contributed by atoms with E-state index in [1.165, 1.54) is 0 Å². The van der Waals surface area contributed by atoms with Crippen molar-refractivity contribution in [3.63, 3.8) is 0 Å². The monoisotopic (exact) mass is 615 g/mol. The van der Waals surface area contributed by atoms with Crippen molar-refractivity contribution in [2.75, 3.05) is 52.1 Å². The van der Waals surface area contributed by atoms with E-state index in [-0.39, 0.29) is 24.4 Å². The molecule has 0 aromatic heterocycles. The van der Waals surface area contributed by atoms with Crippen LogP contribution in [0.3, 0.4) is 0 Å². The predicted molar refractivity (Wildman–Crippen MR) is 164 cm³/mol. The van der Waals surface area contributed by atoms with Crippen molar-refractivity contribution in [3.8, 4) is 0 Å². The van der Waals surface area contributed by atoms with Gasteiger partial charge >= 0.3 is 12.1 Å². The molecule has 2 aromatic carbocycles. The van der Waals surface area contributed by atoms with E-state index in [2.05, 4.69) is 24.3 Å². The highest BCUT2D eigenvalue weighted by atomic mass is 35.5. The molecule has 42 heavy (non-hydrogen) atoms. The fraction of sp³-hybridized carbons (Fsp3) is 0.516. The highest BCUT2D eigenvalue weighted by Gasteiger charge is 2.35. The summed E-state index contributed by atoms with van der Waals surface area (Å²) in [5.74, 6) is -0.192. The summed E-state index contributed by atoms with van der Waals surface area (Å²) in [6.07, 6.45) is 2.52. The van der Waals surface area contributed by atoms with E-state index >= 15 is 0 Å². The van der Waals surface area contributed by atoms with Crippen LogP contribution in [-0.2, 0) is 22.4 Å². The number of carbonyl (C=O) groups is 3. The van der Waals surface area contributed by atoms with Crippen LogP contribution in [-0.4, -0.2) is 103 Å². The van der Waals surface area contributed by atoms with Crippen LogP contribution in [0.25, 0.3) is 0 Å². The SMILES string of the molecule is CN(C)C1CCN(C(=O)[C@@H](Cc2ccc(Cl)c(Cl)c2)OC(=O)N2CCC(N3CCc4ccccc4NC3=O)CC2)CC1. The summed E-state index contributed by atoms with van der Waals surface area (Å²) in [5, 5.41) is 3.85. The van der Waals surface area contributed by atoms with Crippen LogP contribution in [0.5, 0.6) is 0 Å². The third-order valence-corrected chi connectivity index (χ3v) is 9.47. The Hall–Kier alpha value is -3.01. The molecule has 226 valence electrons. The second-order valence-corrected chi connectivity index (χ2v) is 12.4. The van der Waals surface area contributed by atoms with Gasteiger partial charge in [-0.25, -0.2) is 9.59 Å². The summed E-state index contributed by atoms with van der Waals surface area (Å²) in [6.45, 7) is 2.75. The molecule has 0 aliphatic carbocycles. The number of nitrogens with one attached hydrogen (secondary N) is 1. The van der Waals surface area contributed by atoms with Gasteiger partial charge in [-0.2, -0.15) is 0 Å². The molecule has 0 bridgehead atoms. The quantitative estimate of drug-likeness (QED) is 0.486. The van der Waals surface area contributed by atoms with Crippen molar-refractivity contribution in [3.05, 3.63) is 63.6 Å². The van der Waals surface area contributed by atoms with Crippen LogP contribution in [0.1, 0.15) is 36.8 Å². The molecular formula is C31H39Cl2N5O4. The standard InChI is InChI=1S/C31H39Cl2N5O4/c1-35(2)23-10-14-36(15-11-23)29(39)28(20-21-7-8-25(32)26(33)19-21)42-31(41)37-16-12-24(13-17-37)38-18-9-22-5-3-4-6-27(22)34-30(38)40/h3-8,19,23-24,28H,9-18,20H2,1-2H3,(H,34,40)/t28-/m1/s1. The number of nitrogens with zero attached hydrogens (tertiary/aromatic N) is 4. The highest BCUT2D eigenvalue weighted by molar-refractivity contribution is 6.42. The largest absolute Gasteiger partial charge is 0.436 e. The zero-order valence-electron chi connectivity index (χ0n) is 24.2. The Morgan fingerprint density at radius 1 is 0.952 bits per heavy atom. The molecule has 1 atom stereocenters. The van der Waals surface area contributed by atoms with E-state index < -0.39 is 12.2 Å². The number of amides is 4. The van der Waals surface area contributed by atoms with Crippen LogP contribution in [0.2, 0.25) is 10.0 Å². The molecule has 3 heterocycles. The molecule has 0 unspecified atom stereocenters. The lowest BCUT2D eigenvalue weighted by Crippen LogP contribution is -2.52. The summed E-state index contributed by atoms with van der Waals surface area (Å²) < 4.78 is 5.93. The normalized spacial score (nSPS) is 19.3. The number of fused-ring (bicyclic) bond motifs is 1. The van der Waals surface area contributed by atoms with E-state index in [1.807, 2.05) is 29.2 Å². The molecular weight excluding hydrogens is 577 g/mol. The lowest BCUT2D eigenvalue weighted by atomic mass is 10.0. The van der Waals surface area contributed by atoms with Crippen LogP contribution in [0, 0.1) is 0 Å². The number of benzene rings is 2. The summed E-state index contributed by atoms with van der Waals surface area (Å²) in [7, 11) is 4.11. The minimum Gasteiger partial charge on any atom is -0.436 e. The summed E-state index contributed by atoms with van der Waals surface area (Å²) in [6, 6.07) is 13.4. The number of para-hydroxylation sites is 1. The van der Waals surface area contributed by atoms with E-state index in [0.29, 0.717) is 61.7 Å². The minimum atomic E-state index is -0.974. The Bertz CT molecular complexity index is 1290. The lowest BCUT2D eigenvalue weighted by Gasteiger charge is -2.38. The second kappa shape index (κ2) is 13.5. The maximum Gasteiger partial charge on any atom is 0.410 e. The van der Waals surface area contributed by atoms with Crippen LogP contribution in [0.15, 0.2) is 42.5 Å². The topological polar surface area (TPSA) is 85.4 Å². The molecule has 0 saturated carbocycles. The molecule has 1 N–H and O–H groups in total. The lowest BCUT2D eigenvalue weighted by molar-refractivity contribution is -0.142. The zero-order valence-corrected chi connectivity index (χ0v) is 25.7. The van der Waals surface area contributed by atoms with Gasteiger partial charge in [0.15, 0.2) is 6.10 Å². The number of ether oxygens (including phenoxy) is 1. The van der Waals surface area contributed by atoms with E-state index in [4.69, 9.17) is 27.9 Å². The van der Waals surface area contributed by atoms with Gasteiger partial charge in [0.2, 0.25) is 0 Å². The molecule has 2 fully saturated rings. The van der Waals surface area contributed by atoms with Crippen LogP contribution in [0.4, 0.5) is 15.3 Å². The van der Waals surface area contributed by atoms with Crippen molar-refractivity contribution in [2.24, 2.45) is 0 Å². The maximum absolute atomic E-state index is 13.7. The first-order valence-electron chi connectivity index (χ1n) is 14.7. The Kier molecular flexibility index (Phi) is 9.81. The fourth-order valence-electron chi connectivity index (χ4n) is 6.16. The molecule has 3 aliphatic rings. The Labute approximate surface area is 257 Å². The smallest absolute Gasteiger partial charge is 0.410 e. The van der Waals surface area contributed by atoms with Gasteiger partial charge in [-0.3, -0.25) is 4.79 Å². The third kappa shape index (κ3) is 7.13. The maximum atomic E-state index is 13.7. The fourth-order valence-corrected chi connectivity index (χ4v) is 6.48. The highest BCUT2D eigenvalue weighted by Crippen LogP contribution is 2.27. The summed E-state index contributed by atoms with van der Waals surface area (Å²) >= 11 is 12.3. The summed E-state index contributed by atoms with van der Waals surface area (Å²) in [5.41, 5.74) is 2.75. The molecule has 0 spiro atoms. The number of likely N-dealkylation sites (tertiary alicyclic amines) is 2. The van der Waals surface area contributed by atoms with Gasteiger partial charge in [0.1, 0.15) is 0 Å². The first kappa shape index (κ1) is 30.4. The molecule has 5 rings (SSSR count). The number of anilines is 1. The van der Waals surface area contributed by atoms with Gasteiger partial charge < -0.3 is 29.7 Å². The number of halogens is 2. The zero-order chi connectivity index (χ0) is 29.8.